The minimum absolute atomic E-state index is 0.301. The van der Waals surface area contributed by atoms with Gasteiger partial charge in [-0.1, -0.05) is 12.1 Å². The normalized spacial score (nSPS) is 10.4. The molecule has 1 heterocycles. The topological polar surface area (TPSA) is 45.1 Å². The second-order valence-corrected chi connectivity index (χ2v) is 4.56. The van der Waals surface area contributed by atoms with Gasteiger partial charge >= 0.3 is 0 Å². The van der Waals surface area contributed by atoms with Gasteiger partial charge in [0.2, 0.25) is 0 Å². The molecule has 0 aliphatic carbocycles. The number of benzene rings is 1. The Bertz CT molecular complexity index is 488. The number of aromatic hydroxyl groups is 1. The fourth-order valence-corrected chi connectivity index (χ4v) is 1.95. The Morgan fingerprint density at radius 2 is 1.88 bits per heavy atom. The summed E-state index contributed by atoms with van der Waals surface area (Å²) in [7, 11) is 0. The highest BCUT2D eigenvalue weighted by Gasteiger charge is 2.03. The Kier molecular flexibility index (Phi) is 4.12. The van der Waals surface area contributed by atoms with Crippen LogP contribution < -0.4 is 5.32 Å². The van der Waals surface area contributed by atoms with E-state index in [0.29, 0.717) is 12.3 Å². The average Bonchev–Trinajstić information content (AvgIpc) is 2.36. The summed E-state index contributed by atoms with van der Waals surface area (Å²) in [6, 6.07) is 9.57. The molecular formula is C13H13BrN2O. The molecule has 88 valence electrons. The molecule has 0 saturated heterocycles. The summed E-state index contributed by atoms with van der Waals surface area (Å²) in [5.74, 6) is 0.301. The van der Waals surface area contributed by atoms with Gasteiger partial charge in [-0.25, -0.2) is 0 Å². The van der Waals surface area contributed by atoms with Crippen LogP contribution in [-0.4, -0.2) is 10.1 Å². The van der Waals surface area contributed by atoms with Gasteiger partial charge in [-0.2, -0.15) is 0 Å². The quantitative estimate of drug-likeness (QED) is 0.911. The summed E-state index contributed by atoms with van der Waals surface area (Å²) in [5.41, 5.74) is 2.06. The third-order valence-corrected chi connectivity index (χ3v) is 3.10. The maximum absolute atomic E-state index is 9.80. The summed E-state index contributed by atoms with van der Waals surface area (Å²) < 4.78 is 0.723. The predicted molar refractivity (Wildman–Crippen MR) is 70.6 cm³/mol. The van der Waals surface area contributed by atoms with Crippen molar-refractivity contribution in [3.05, 3.63) is 58.3 Å². The Labute approximate surface area is 109 Å². The third-order valence-electron chi connectivity index (χ3n) is 2.46. The zero-order valence-electron chi connectivity index (χ0n) is 9.23. The number of halogens is 1. The molecule has 2 aromatic rings. The van der Waals surface area contributed by atoms with Gasteiger partial charge in [0.15, 0.2) is 0 Å². The molecule has 0 fully saturated rings. The van der Waals surface area contributed by atoms with E-state index < -0.39 is 0 Å². The number of phenols is 1. The van der Waals surface area contributed by atoms with E-state index in [4.69, 9.17) is 0 Å². The van der Waals surface area contributed by atoms with Crippen molar-refractivity contribution in [2.24, 2.45) is 0 Å². The van der Waals surface area contributed by atoms with Crippen LogP contribution in [0.25, 0.3) is 0 Å². The van der Waals surface area contributed by atoms with Crippen molar-refractivity contribution in [1.29, 1.82) is 0 Å². The van der Waals surface area contributed by atoms with Gasteiger partial charge in [0, 0.05) is 31.0 Å². The van der Waals surface area contributed by atoms with Gasteiger partial charge in [0.1, 0.15) is 5.75 Å². The first kappa shape index (κ1) is 12.1. The van der Waals surface area contributed by atoms with E-state index in [1.54, 1.807) is 12.4 Å². The summed E-state index contributed by atoms with van der Waals surface area (Å²) in [4.78, 5) is 3.96. The fourth-order valence-electron chi connectivity index (χ4n) is 1.54. The van der Waals surface area contributed by atoms with Crippen LogP contribution in [0.3, 0.4) is 0 Å². The van der Waals surface area contributed by atoms with Crippen LogP contribution in [0.4, 0.5) is 0 Å². The summed E-state index contributed by atoms with van der Waals surface area (Å²) in [6.07, 6.45) is 3.54. The van der Waals surface area contributed by atoms with Crippen LogP contribution >= 0.6 is 15.9 Å². The number of para-hydroxylation sites is 1. The Morgan fingerprint density at radius 3 is 2.65 bits per heavy atom. The van der Waals surface area contributed by atoms with Crippen molar-refractivity contribution in [3.63, 3.8) is 0 Å². The summed E-state index contributed by atoms with van der Waals surface area (Å²) in [6.45, 7) is 1.39. The molecule has 0 amide bonds. The van der Waals surface area contributed by atoms with Crippen LogP contribution in [0.1, 0.15) is 11.1 Å². The van der Waals surface area contributed by atoms with Gasteiger partial charge in [0.05, 0.1) is 4.47 Å². The van der Waals surface area contributed by atoms with Crippen molar-refractivity contribution in [2.45, 2.75) is 13.1 Å². The average molecular weight is 293 g/mol. The molecular weight excluding hydrogens is 280 g/mol. The van der Waals surface area contributed by atoms with E-state index in [9.17, 15) is 5.11 Å². The number of pyridine rings is 1. The first-order valence-corrected chi connectivity index (χ1v) is 6.12. The molecule has 0 bridgehead atoms. The standard InChI is InChI=1S/C13H13BrN2O/c14-12-3-1-2-11(13(12)17)9-16-8-10-4-6-15-7-5-10/h1-7,16-17H,8-9H2. The molecule has 0 spiro atoms. The van der Waals surface area contributed by atoms with Crippen molar-refractivity contribution in [3.8, 4) is 5.75 Å². The molecule has 0 aliphatic heterocycles. The third kappa shape index (κ3) is 3.28. The Morgan fingerprint density at radius 1 is 1.12 bits per heavy atom. The SMILES string of the molecule is Oc1c(Br)cccc1CNCc1ccncc1. The van der Waals surface area contributed by atoms with Crippen molar-refractivity contribution < 1.29 is 5.11 Å². The number of hydrogen-bond acceptors (Lipinski definition) is 3. The molecule has 1 aromatic heterocycles. The lowest BCUT2D eigenvalue weighted by Gasteiger charge is -2.07. The summed E-state index contributed by atoms with van der Waals surface area (Å²) >= 11 is 3.30. The van der Waals surface area contributed by atoms with Crippen molar-refractivity contribution in [1.82, 2.24) is 10.3 Å². The smallest absolute Gasteiger partial charge is 0.134 e. The number of nitrogens with zero attached hydrogens (tertiary/aromatic N) is 1. The highest BCUT2D eigenvalue weighted by Crippen LogP contribution is 2.27. The van der Waals surface area contributed by atoms with Crippen LogP contribution in [0, 0.1) is 0 Å². The summed E-state index contributed by atoms with van der Waals surface area (Å²) in [5, 5.41) is 13.1. The number of phenolic OH excluding ortho intramolecular Hbond substituents is 1. The first-order chi connectivity index (χ1) is 8.27. The van der Waals surface area contributed by atoms with Crippen LogP contribution in [0.5, 0.6) is 5.75 Å². The molecule has 4 heteroatoms. The molecule has 2 N–H and O–H groups in total. The number of aromatic nitrogens is 1. The molecule has 0 radical (unpaired) electrons. The van der Waals surface area contributed by atoms with E-state index in [1.165, 1.54) is 5.56 Å². The van der Waals surface area contributed by atoms with E-state index in [-0.39, 0.29) is 0 Å². The molecule has 0 aliphatic rings. The van der Waals surface area contributed by atoms with E-state index in [1.807, 2.05) is 30.3 Å². The number of nitrogens with one attached hydrogen (secondary N) is 1. The van der Waals surface area contributed by atoms with Crippen LogP contribution in [0.15, 0.2) is 47.2 Å². The molecule has 0 saturated carbocycles. The van der Waals surface area contributed by atoms with E-state index in [0.717, 1.165) is 16.6 Å². The van der Waals surface area contributed by atoms with Gasteiger partial charge < -0.3 is 10.4 Å². The minimum atomic E-state index is 0.301. The monoisotopic (exact) mass is 292 g/mol. The Balaban J connectivity index is 1.93. The zero-order chi connectivity index (χ0) is 12.1. The zero-order valence-corrected chi connectivity index (χ0v) is 10.8. The second-order valence-electron chi connectivity index (χ2n) is 3.71. The van der Waals surface area contributed by atoms with Crippen molar-refractivity contribution >= 4 is 15.9 Å². The lowest BCUT2D eigenvalue weighted by atomic mass is 10.2. The first-order valence-electron chi connectivity index (χ1n) is 5.33. The lowest BCUT2D eigenvalue weighted by molar-refractivity contribution is 0.461. The van der Waals surface area contributed by atoms with Crippen LogP contribution in [-0.2, 0) is 13.1 Å². The van der Waals surface area contributed by atoms with Crippen molar-refractivity contribution in [2.75, 3.05) is 0 Å². The van der Waals surface area contributed by atoms with Gasteiger partial charge in [-0.3, -0.25) is 4.98 Å². The maximum atomic E-state index is 9.80. The minimum Gasteiger partial charge on any atom is -0.506 e. The fraction of sp³-hybridized carbons (Fsp3) is 0.154. The lowest BCUT2D eigenvalue weighted by Crippen LogP contribution is -2.12. The van der Waals surface area contributed by atoms with Crippen LogP contribution in [0.2, 0.25) is 0 Å². The van der Waals surface area contributed by atoms with E-state index >= 15 is 0 Å². The molecule has 1 aromatic carbocycles. The highest BCUT2D eigenvalue weighted by atomic mass is 79.9. The predicted octanol–water partition coefficient (Wildman–Crippen LogP) is 2.84. The number of hydrogen-bond donors (Lipinski definition) is 2. The Hall–Kier alpha value is -1.39. The van der Waals surface area contributed by atoms with E-state index in [2.05, 4.69) is 26.2 Å². The largest absolute Gasteiger partial charge is 0.506 e. The highest BCUT2D eigenvalue weighted by molar-refractivity contribution is 9.10. The van der Waals surface area contributed by atoms with Gasteiger partial charge in [0.25, 0.3) is 0 Å². The molecule has 17 heavy (non-hydrogen) atoms. The number of rotatable bonds is 4. The molecule has 0 unspecified atom stereocenters. The molecule has 3 nitrogen and oxygen atoms in total. The van der Waals surface area contributed by atoms with Gasteiger partial charge in [-0.15, -0.1) is 0 Å². The molecule has 2 rings (SSSR count). The molecule has 0 atom stereocenters. The van der Waals surface area contributed by atoms with Gasteiger partial charge in [-0.05, 0) is 39.7 Å². The second kappa shape index (κ2) is 5.80. The maximum Gasteiger partial charge on any atom is 0.134 e.